The normalized spacial score (nSPS) is 17.1. The average molecular weight is 628 g/mol. The Bertz CT molecular complexity index is 1350. The predicted molar refractivity (Wildman–Crippen MR) is 171 cm³/mol. The Morgan fingerprint density at radius 1 is 0.889 bits per heavy atom. The lowest BCUT2D eigenvalue weighted by molar-refractivity contribution is 0.00394. The Morgan fingerprint density at radius 3 is 1.93 bits per heavy atom. The number of anilines is 2. The summed E-state index contributed by atoms with van der Waals surface area (Å²) in [6, 6.07) is 8.41. The number of rotatable bonds is 6. The van der Waals surface area contributed by atoms with E-state index >= 15 is 0 Å². The highest BCUT2D eigenvalue weighted by molar-refractivity contribution is 6.13. The first-order chi connectivity index (χ1) is 20.6. The minimum atomic E-state index is -1.12. The van der Waals surface area contributed by atoms with Gasteiger partial charge in [0, 0.05) is 29.3 Å². The van der Waals surface area contributed by atoms with Crippen LogP contribution < -0.4 is 10.6 Å². The molecule has 1 aliphatic rings. The molecule has 0 unspecified atom stereocenters. The van der Waals surface area contributed by atoms with Crippen LogP contribution in [0.5, 0.6) is 0 Å². The lowest BCUT2D eigenvalue weighted by atomic mass is 10.0. The summed E-state index contributed by atoms with van der Waals surface area (Å²) >= 11 is 0. The second-order valence-corrected chi connectivity index (χ2v) is 14.7. The molecule has 1 aromatic carbocycles. The molecule has 45 heavy (non-hydrogen) atoms. The molecule has 1 saturated carbocycles. The molecule has 1 aromatic heterocycles. The number of ether oxygens (including phenoxy) is 3. The molecule has 12 heteroatoms. The number of nitrogens with one attached hydrogen (secondary N) is 2. The summed E-state index contributed by atoms with van der Waals surface area (Å²) in [6.45, 7) is 19.8. The van der Waals surface area contributed by atoms with E-state index in [0.29, 0.717) is 17.0 Å². The maximum atomic E-state index is 13.4. The van der Waals surface area contributed by atoms with Gasteiger partial charge in [-0.3, -0.25) is 4.79 Å². The molecule has 1 fully saturated rings. The van der Waals surface area contributed by atoms with Gasteiger partial charge in [0.05, 0.1) is 11.2 Å². The predicted octanol–water partition coefficient (Wildman–Crippen LogP) is 7.46. The molecule has 0 aliphatic heterocycles. The first-order valence-electron chi connectivity index (χ1n) is 15.4. The second-order valence-electron chi connectivity index (χ2n) is 14.7. The van der Waals surface area contributed by atoms with E-state index in [-0.39, 0.29) is 29.2 Å². The summed E-state index contributed by atoms with van der Waals surface area (Å²) in [6.07, 6.45) is -0.509. The molecule has 1 heterocycles. The van der Waals surface area contributed by atoms with Crippen molar-refractivity contribution in [2.75, 3.05) is 5.32 Å². The summed E-state index contributed by atoms with van der Waals surface area (Å²) in [5.74, 6) is 0.0208. The summed E-state index contributed by atoms with van der Waals surface area (Å²) in [5, 5.41) is 11.1. The van der Waals surface area contributed by atoms with Crippen LogP contribution in [0.15, 0.2) is 30.3 Å². The smallest absolute Gasteiger partial charge is 0.427 e. The van der Waals surface area contributed by atoms with E-state index in [1.807, 2.05) is 24.6 Å². The largest absolute Gasteiger partial charge is 0.446 e. The van der Waals surface area contributed by atoms with Crippen LogP contribution in [0.1, 0.15) is 117 Å². The Hall–Kier alpha value is -4.09. The third-order valence-electron chi connectivity index (χ3n) is 6.61. The number of aromatic nitrogens is 2. The molecular formula is C33H49N5O7. The number of alkyl carbamates (subject to hydrolysis) is 1. The standard InChI is InChI=1S/C33H49N5O7/c1-20(2)34-28(40)43-24-17-14-22(18-24)25-19-26(38(36-25)31(3,4)5)35-23-15-12-21(13-16-23)27(39)37(29(41)44-32(6,7)8)30(42)45-33(9,10)11/h12-13,15-16,19-20,22,24,35H,14,17-18H2,1-11H3,(H,34,40)/t22-,24+/m0/s1. The lowest BCUT2D eigenvalue weighted by Gasteiger charge is -2.27. The molecule has 2 atom stereocenters. The summed E-state index contributed by atoms with van der Waals surface area (Å²) < 4.78 is 18.2. The fourth-order valence-electron chi connectivity index (χ4n) is 4.76. The van der Waals surface area contributed by atoms with Gasteiger partial charge in [-0.05, 0) is 120 Å². The second kappa shape index (κ2) is 13.5. The topological polar surface area (TPSA) is 141 Å². The van der Waals surface area contributed by atoms with E-state index in [9.17, 15) is 19.2 Å². The van der Waals surface area contributed by atoms with E-state index in [1.165, 1.54) is 12.1 Å². The zero-order valence-corrected chi connectivity index (χ0v) is 28.4. The number of imide groups is 3. The van der Waals surface area contributed by atoms with Crippen LogP contribution in [0.4, 0.5) is 25.9 Å². The Kier molecular flexibility index (Phi) is 10.6. The molecule has 248 valence electrons. The maximum absolute atomic E-state index is 13.4. The first kappa shape index (κ1) is 35.4. The molecule has 2 aromatic rings. The van der Waals surface area contributed by atoms with Crippen LogP contribution in [0.25, 0.3) is 0 Å². The lowest BCUT2D eigenvalue weighted by Crippen LogP contribution is -2.46. The van der Waals surface area contributed by atoms with Crippen molar-refractivity contribution < 1.29 is 33.4 Å². The highest BCUT2D eigenvalue weighted by Crippen LogP contribution is 2.38. The number of benzene rings is 1. The van der Waals surface area contributed by atoms with Crippen LogP contribution in [0, 0.1) is 0 Å². The fraction of sp³-hybridized carbons (Fsp3) is 0.606. The zero-order valence-electron chi connectivity index (χ0n) is 28.4. The third kappa shape index (κ3) is 10.2. The van der Waals surface area contributed by atoms with Crippen molar-refractivity contribution in [3.05, 3.63) is 41.6 Å². The molecule has 0 radical (unpaired) electrons. The molecule has 4 amide bonds. The molecule has 0 saturated heterocycles. The third-order valence-corrected chi connectivity index (χ3v) is 6.61. The van der Waals surface area contributed by atoms with Gasteiger partial charge in [0.1, 0.15) is 23.1 Å². The van der Waals surface area contributed by atoms with Crippen LogP contribution in [-0.2, 0) is 19.7 Å². The zero-order chi connectivity index (χ0) is 33.9. The van der Waals surface area contributed by atoms with Crippen molar-refractivity contribution in [1.29, 1.82) is 0 Å². The van der Waals surface area contributed by atoms with Crippen molar-refractivity contribution in [3.8, 4) is 0 Å². The molecular weight excluding hydrogens is 578 g/mol. The number of carbonyl (C=O) groups is 4. The van der Waals surface area contributed by atoms with Gasteiger partial charge in [-0.2, -0.15) is 5.10 Å². The van der Waals surface area contributed by atoms with Crippen molar-refractivity contribution in [1.82, 2.24) is 20.0 Å². The summed E-state index contributed by atoms with van der Waals surface area (Å²) in [4.78, 5) is 51.7. The monoisotopic (exact) mass is 627 g/mol. The highest BCUT2D eigenvalue weighted by Gasteiger charge is 2.37. The van der Waals surface area contributed by atoms with Crippen LogP contribution in [0.3, 0.4) is 0 Å². The van der Waals surface area contributed by atoms with Crippen molar-refractivity contribution in [2.24, 2.45) is 0 Å². The SMILES string of the molecule is CC(C)NC(=O)O[C@@H]1CC[C@H](c2cc(Nc3ccc(C(=O)N(C(=O)OC(C)(C)C)C(=O)OC(C)(C)C)cc3)n(C(C)(C)C)n2)C1. The van der Waals surface area contributed by atoms with Gasteiger partial charge in [-0.1, -0.05) is 0 Å². The Balaban J connectivity index is 1.80. The van der Waals surface area contributed by atoms with E-state index in [1.54, 1.807) is 53.7 Å². The van der Waals surface area contributed by atoms with Gasteiger partial charge in [-0.15, -0.1) is 4.90 Å². The Morgan fingerprint density at radius 2 is 1.44 bits per heavy atom. The first-order valence-corrected chi connectivity index (χ1v) is 15.4. The number of hydrogen-bond acceptors (Lipinski definition) is 9. The van der Waals surface area contributed by atoms with E-state index in [4.69, 9.17) is 19.3 Å². The van der Waals surface area contributed by atoms with Crippen molar-refractivity contribution >= 4 is 35.7 Å². The van der Waals surface area contributed by atoms with Gasteiger partial charge in [0.25, 0.3) is 5.91 Å². The van der Waals surface area contributed by atoms with Gasteiger partial charge >= 0.3 is 18.3 Å². The molecule has 1 aliphatic carbocycles. The van der Waals surface area contributed by atoms with Crippen LogP contribution >= 0.6 is 0 Å². The number of hydrogen-bond donors (Lipinski definition) is 2. The van der Waals surface area contributed by atoms with Crippen molar-refractivity contribution in [2.45, 2.75) is 130 Å². The molecule has 0 spiro atoms. The highest BCUT2D eigenvalue weighted by atomic mass is 16.6. The molecule has 2 N–H and O–H groups in total. The van der Waals surface area contributed by atoms with E-state index in [2.05, 4.69) is 31.4 Å². The quantitative estimate of drug-likeness (QED) is 0.312. The fourth-order valence-corrected chi connectivity index (χ4v) is 4.76. The minimum absolute atomic E-state index is 0.00638. The van der Waals surface area contributed by atoms with Crippen LogP contribution in [0.2, 0.25) is 0 Å². The maximum Gasteiger partial charge on any atom is 0.427 e. The molecule has 3 rings (SSSR count). The van der Waals surface area contributed by atoms with Gasteiger partial charge < -0.3 is 24.8 Å². The van der Waals surface area contributed by atoms with Crippen molar-refractivity contribution in [3.63, 3.8) is 0 Å². The molecule has 12 nitrogen and oxygen atoms in total. The number of amides is 4. The van der Waals surface area contributed by atoms with E-state index in [0.717, 1.165) is 24.4 Å². The summed E-state index contributed by atoms with van der Waals surface area (Å²) in [5.41, 5.74) is -0.545. The molecule has 0 bridgehead atoms. The number of nitrogens with zero attached hydrogens (tertiary/aromatic N) is 3. The van der Waals surface area contributed by atoms with Gasteiger partial charge in [0.15, 0.2) is 0 Å². The number of carbonyl (C=O) groups excluding carboxylic acids is 4. The minimum Gasteiger partial charge on any atom is -0.446 e. The van der Waals surface area contributed by atoms with E-state index < -0.39 is 35.4 Å². The van der Waals surface area contributed by atoms with Gasteiger partial charge in [0.2, 0.25) is 0 Å². The Labute approximate surface area is 266 Å². The average Bonchev–Trinajstić information content (AvgIpc) is 3.48. The summed E-state index contributed by atoms with van der Waals surface area (Å²) in [7, 11) is 0. The van der Waals surface area contributed by atoms with Gasteiger partial charge in [-0.25, -0.2) is 19.1 Å². The van der Waals surface area contributed by atoms with Crippen LogP contribution in [-0.4, -0.2) is 62.2 Å².